The average molecular weight is 760 g/mol. The zero-order valence-corrected chi connectivity index (χ0v) is 33.2. The highest BCUT2D eigenvalue weighted by atomic mass is 32.2. The molecule has 0 aromatic rings. The first-order chi connectivity index (χ1) is 25.2. The van der Waals surface area contributed by atoms with Crippen LogP contribution in [0.1, 0.15) is 149 Å². The predicted octanol–water partition coefficient (Wildman–Crippen LogP) is 4.69. The number of rotatable bonds is 15. The van der Waals surface area contributed by atoms with Crippen molar-refractivity contribution in [3.05, 3.63) is 0 Å². The third kappa shape index (κ3) is 9.76. The van der Waals surface area contributed by atoms with Crippen LogP contribution in [0, 0.1) is 23.2 Å². The quantitative estimate of drug-likeness (QED) is 0.176. The van der Waals surface area contributed by atoms with Crippen LogP contribution in [0.25, 0.3) is 0 Å². The molecule has 53 heavy (non-hydrogen) atoms. The van der Waals surface area contributed by atoms with Crippen molar-refractivity contribution in [1.82, 2.24) is 26.2 Å². The van der Waals surface area contributed by atoms with Gasteiger partial charge in [-0.2, -0.15) is 0 Å². The lowest BCUT2D eigenvalue weighted by Gasteiger charge is -2.44. The fraction of sp³-hybridized carbons (Fsp3) is 0.875. The molecule has 6 rings (SSSR count). The van der Waals surface area contributed by atoms with Crippen molar-refractivity contribution in [1.29, 1.82) is 0 Å². The van der Waals surface area contributed by atoms with E-state index in [0.717, 1.165) is 89.9 Å². The SMILES string of the molecule is CC(C)C1CCN(C(=O)[C@@H](NC(=O)NC2(CS(=O)(=O)C3CCCC3)CCCCC2)C2(C)CCCCC2)[C@@H]1C(=O)NC(CC1CC1)C(=O)C(=O)NC1CC1. The molecule has 2 unspecified atom stereocenters. The van der Waals surface area contributed by atoms with Gasteiger partial charge < -0.3 is 26.2 Å². The molecule has 1 saturated heterocycles. The lowest BCUT2D eigenvalue weighted by molar-refractivity contribution is -0.145. The summed E-state index contributed by atoms with van der Waals surface area (Å²) in [5.74, 6) is -1.96. The number of hydrogen-bond acceptors (Lipinski definition) is 7. The number of Topliss-reactive ketones (excluding diaryl/α,β-unsaturated/α-hetero) is 1. The molecule has 1 heterocycles. The fourth-order valence-electron chi connectivity index (χ4n) is 9.96. The fourth-order valence-corrected chi connectivity index (χ4v) is 12.4. The molecule has 4 atom stereocenters. The molecule has 0 bridgehead atoms. The first-order valence-corrected chi connectivity index (χ1v) is 22.7. The Morgan fingerprint density at radius 1 is 0.774 bits per heavy atom. The van der Waals surface area contributed by atoms with Gasteiger partial charge in [0.25, 0.3) is 5.91 Å². The summed E-state index contributed by atoms with van der Waals surface area (Å²) in [6, 6.07) is -3.25. The largest absolute Gasteiger partial charge is 0.347 e. The number of urea groups is 1. The van der Waals surface area contributed by atoms with Crippen LogP contribution in [0.5, 0.6) is 0 Å². The Balaban J connectivity index is 1.22. The third-order valence-electron chi connectivity index (χ3n) is 13.6. The van der Waals surface area contributed by atoms with E-state index in [1.54, 1.807) is 4.90 Å². The van der Waals surface area contributed by atoms with Gasteiger partial charge in [0, 0.05) is 12.6 Å². The first kappa shape index (κ1) is 40.0. The summed E-state index contributed by atoms with van der Waals surface area (Å²) >= 11 is 0. The summed E-state index contributed by atoms with van der Waals surface area (Å²) in [7, 11) is -3.42. The van der Waals surface area contributed by atoms with E-state index in [2.05, 4.69) is 21.3 Å². The first-order valence-electron chi connectivity index (χ1n) is 21.0. The van der Waals surface area contributed by atoms with Gasteiger partial charge in [-0.1, -0.05) is 85.0 Å². The van der Waals surface area contributed by atoms with Crippen molar-refractivity contribution < 1.29 is 32.4 Å². The highest BCUT2D eigenvalue weighted by molar-refractivity contribution is 7.92. The van der Waals surface area contributed by atoms with Gasteiger partial charge in [0.1, 0.15) is 12.1 Å². The van der Waals surface area contributed by atoms with Crippen LogP contribution in [0.4, 0.5) is 4.79 Å². The number of carbonyl (C=O) groups is 5. The molecule has 5 saturated carbocycles. The second-order valence-corrected chi connectivity index (χ2v) is 20.6. The van der Waals surface area contributed by atoms with Gasteiger partial charge in [-0.15, -0.1) is 0 Å². The van der Waals surface area contributed by atoms with E-state index < -0.39 is 62.5 Å². The van der Waals surface area contributed by atoms with E-state index >= 15 is 0 Å². The number of nitrogens with zero attached hydrogens (tertiary/aromatic N) is 1. The summed E-state index contributed by atoms with van der Waals surface area (Å²) in [6.07, 6.45) is 15.9. The molecule has 6 aliphatic rings. The minimum Gasteiger partial charge on any atom is -0.347 e. The molecule has 0 aromatic carbocycles. The van der Waals surface area contributed by atoms with Crippen molar-refractivity contribution in [2.24, 2.45) is 23.2 Å². The Hall–Kier alpha value is -2.70. The molecule has 298 valence electrons. The molecule has 0 aromatic heterocycles. The number of hydrogen-bond donors (Lipinski definition) is 4. The van der Waals surface area contributed by atoms with Crippen LogP contribution in [0.15, 0.2) is 0 Å². The van der Waals surface area contributed by atoms with Crippen molar-refractivity contribution in [3.8, 4) is 0 Å². The van der Waals surface area contributed by atoms with Gasteiger partial charge in [0.05, 0.1) is 22.6 Å². The molecule has 5 aliphatic carbocycles. The highest BCUT2D eigenvalue weighted by Crippen LogP contribution is 2.42. The van der Waals surface area contributed by atoms with Gasteiger partial charge in [-0.05, 0) is 87.4 Å². The Morgan fingerprint density at radius 2 is 1.40 bits per heavy atom. The Bertz CT molecular complexity index is 1470. The Labute approximate surface area is 316 Å². The maximum Gasteiger partial charge on any atom is 0.315 e. The minimum atomic E-state index is -3.42. The number of likely N-dealkylation sites (tertiary alicyclic amines) is 1. The molecule has 5 amide bonds. The Kier molecular flexibility index (Phi) is 12.5. The van der Waals surface area contributed by atoms with Crippen LogP contribution in [0.3, 0.4) is 0 Å². The smallest absolute Gasteiger partial charge is 0.315 e. The van der Waals surface area contributed by atoms with Gasteiger partial charge in [0.2, 0.25) is 17.6 Å². The number of nitrogens with one attached hydrogen (secondary N) is 4. The number of sulfone groups is 1. The van der Waals surface area contributed by atoms with Gasteiger partial charge in [-0.3, -0.25) is 19.2 Å². The second-order valence-electron chi connectivity index (χ2n) is 18.3. The summed E-state index contributed by atoms with van der Waals surface area (Å²) in [5, 5.41) is 11.6. The lowest BCUT2D eigenvalue weighted by Crippen LogP contribution is -2.64. The van der Waals surface area contributed by atoms with Gasteiger partial charge >= 0.3 is 6.03 Å². The molecule has 0 spiro atoms. The zero-order chi connectivity index (χ0) is 38.0. The van der Waals surface area contributed by atoms with E-state index in [-0.39, 0.29) is 40.7 Å². The molecule has 0 radical (unpaired) electrons. The molecular formula is C40H65N5O7S. The molecule has 4 N–H and O–H groups in total. The number of ketones is 1. The number of amides is 5. The van der Waals surface area contributed by atoms with Gasteiger partial charge in [0.15, 0.2) is 9.84 Å². The monoisotopic (exact) mass is 759 g/mol. The van der Waals surface area contributed by atoms with E-state index in [4.69, 9.17) is 0 Å². The van der Waals surface area contributed by atoms with E-state index in [9.17, 15) is 32.4 Å². The molecule has 1 aliphatic heterocycles. The van der Waals surface area contributed by atoms with Crippen LogP contribution in [-0.4, -0.2) is 90.1 Å². The van der Waals surface area contributed by atoms with E-state index in [1.165, 1.54) is 0 Å². The number of carbonyl (C=O) groups excluding carboxylic acids is 5. The summed E-state index contributed by atoms with van der Waals surface area (Å²) in [6.45, 7) is 6.44. The second kappa shape index (κ2) is 16.6. The topological polar surface area (TPSA) is 171 Å². The zero-order valence-electron chi connectivity index (χ0n) is 32.4. The molecule has 12 nitrogen and oxygen atoms in total. The lowest BCUT2D eigenvalue weighted by atomic mass is 9.70. The summed E-state index contributed by atoms with van der Waals surface area (Å²) < 4.78 is 27.3. The Morgan fingerprint density at radius 3 is 1.98 bits per heavy atom. The van der Waals surface area contributed by atoms with Crippen LogP contribution in [-0.2, 0) is 29.0 Å². The van der Waals surface area contributed by atoms with Crippen LogP contribution >= 0.6 is 0 Å². The normalized spacial score (nSPS) is 27.1. The van der Waals surface area contributed by atoms with Crippen molar-refractivity contribution in [2.45, 2.75) is 184 Å². The standard InChI is InChI=1S/C40H65N5O7S/c1-26(2)30-18-23-45(32(30)35(47)42-31(24-27-14-15-27)33(46)36(48)41-28-16-17-28)37(49)34(39(3)19-8-4-9-20-39)43-38(50)44-40(21-10-5-11-22-40)25-53(51,52)29-12-6-7-13-29/h26-32,34H,4-25H2,1-3H3,(H,41,48)(H,42,47)(H2,43,44,50)/t30?,31?,32-,34+/m0/s1. The van der Waals surface area contributed by atoms with E-state index in [0.29, 0.717) is 45.1 Å². The molecule has 6 fully saturated rings. The van der Waals surface area contributed by atoms with Gasteiger partial charge in [-0.25, -0.2) is 13.2 Å². The van der Waals surface area contributed by atoms with Crippen LogP contribution < -0.4 is 21.3 Å². The maximum atomic E-state index is 15.0. The van der Waals surface area contributed by atoms with Crippen molar-refractivity contribution in [3.63, 3.8) is 0 Å². The maximum absolute atomic E-state index is 15.0. The average Bonchev–Trinajstić information content (AvgIpc) is 3.99. The third-order valence-corrected chi connectivity index (χ3v) is 16.0. The molecule has 13 heteroatoms. The molecular weight excluding hydrogens is 695 g/mol. The van der Waals surface area contributed by atoms with Crippen LogP contribution in [0.2, 0.25) is 0 Å². The summed E-state index contributed by atoms with van der Waals surface area (Å²) in [4.78, 5) is 71.3. The predicted molar refractivity (Wildman–Crippen MR) is 202 cm³/mol. The van der Waals surface area contributed by atoms with E-state index in [1.807, 2.05) is 20.8 Å². The minimum absolute atomic E-state index is 0.0180. The summed E-state index contributed by atoms with van der Waals surface area (Å²) in [5.41, 5.74) is -1.46. The van der Waals surface area contributed by atoms with Crippen molar-refractivity contribution in [2.75, 3.05) is 12.3 Å². The van der Waals surface area contributed by atoms with Crippen molar-refractivity contribution >= 4 is 39.4 Å². The highest BCUT2D eigenvalue weighted by Gasteiger charge is 2.51.